The second-order valence-electron chi connectivity index (χ2n) is 6.09. The van der Waals surface area contributed by atoms with Gasteiger partial charge in [0.15, 0.2) is 16.7 Å². The molecule has 3 aromatic heterocycles. The molecule has 142 valence electrons. The van der Waals surface area contributed by atoms with Crippen molar-refractivity contribution in [2.24, 2.45) is 0 Å². The summed E-state index contributed by atoms with van der Waals surface area (Å²) in [5.41, 5.74) is 2.15. The van der Waals surface area contributed by atoms with E-state index in [9.17, 15) is 4.79 Å². The minimum atomic E-state index is -0.291. The normalized spacial score (nSPS) is 12.0. The Kier molecular flexibility index (Phi) is 5.34. The lowest BCUT2D eigenvalue weighted by atomic mass is 10.2. The molecule has 0 fully saturated rings. The van der Waals surface area contributed by atoms with Crippen LogP contribution in [0.25, 0.3) is 22.9 Å². The molecule has 7 heteroatoms. The number of aromatic nitrogens is 2. The molecule has 0 aliphatic carbocycles. The first-order valence-corrected chi connectivity index (χ1v) is 9.83. The van der Waals surface area contributed by atoms with Crippen LogP contribution in [-0.4, -0.2) is 21.1 Å². The van der Waals surface area contributed by atoms with Gasteiger partial charge in [0.05, 0.1) is 17.8 Å². The molecule has 4 rings (SSSR count). The Morgan fingerprint density at radius 1 is 1.07 bits per heavy atom. The molecule has 1 atom stereocenters. The van der Waals surface area contributed by atoms with Crippen LogP contribution in [0.4, 0.5) is 5.69 Å². The van der Waals surface area contributed by atoms with E-state index in [2.05, 4.69) is 15.3 Å². The number of carbonyl (C=O) groups is 1. The number of rotatable bonds is 7. The molecule has 6 nitrogen and oxygen atoms in total. The molecule has 0 aliphatic heterocycles. The average Bonchev–Trinajstić information content (AvgIpc) is 3.47. The summed E-state index contributed by atoms with van der Waals surface area (Å²) in [5, 5.41) is 3.29. The van der Waals surface area contributed by atoms with Crippen molar-refractivity contribution in [3.63, 3.8) is 0 Å². The van der Waals surface area contributed by atoms with E-state index in [0.29, 0.717) is 28.8 Å². The number of imidazole rings is 1. The highest BCUT2D eigenvalue weighted by Gasteiger charge is 2.23. The number of para-hydroxylation sites is 1. The van der Waals surface area contributed by atoms with Gasteiger partial charge >= 0.3 is 0 Å². The fourth-order valence-corrected chi connectivity index (χ4v) is 3.71. The van der Waals surface area contributed by atoms with Crippen LogP contribution >= 0.6 is 11.8 Å². The SMILES string of the molecule is CCC(Sc1nc(-c2ccco2)c(-c2ccco2)[nH]1)C(=O)Nc1ccccc1. The molecule has 3 heterocycles. The highest BCUT2D eigenvalue weighted by molar-refractivity contribution is 8.00. The molecule has 0 saturated carbocycles. The van der Waals surface area contributed by atoms with Crippen LogP contribution in [0.1, 0.15) is 13.3 Å². The number of benzene rings is 1. The third-order valence-electron chi connectivity index (χ3n) is 4.16. The molecule has 1 amide bonds. The highest BCUT2D eigenvalue weighted by Crippen LogP contribution is 2.35. The summed E-state index contributed by atoms with van der Waals surface area (Å²) in [4.78, 5) is 20.6. The first-order chi connectivity index (χ1) is 13.7. The van der Waals surface area contributed by atoms with Crippen LogP contribution in [0, 0.1) is 0 Å². The van der Waals surface area contributed by atoms with Crippen molar-refractivity contribution in [1.82, 2.24) is 9.97 Å². The molecule has 2 N–H and O–H groups in total. The number of hydrogen-bond donors (Lipinski definition) is 2. The van der Waals surface area contributed by atoms with E-state index in [0.717, 1.165) is 11.4 Å². The molecular formula is C21H19N3O3S. The Morgan fingerprint density at radius 2 is 1.79 bits per heavy atom. The summed E-state index contributed by atoms with van der Waals surface area (Å²) in [5.74, 6) is 1.23. The maximum Gasteiger partial charge on any atom is 0.237 e. The van der Waals surface area contributed by atoms with Gasteiger partial charge in [-0.15, -0.1) is 0 Å². The van der Waals surface area contributed by atoms with Gasteiger partial charge in [0.1, 0.15) is 11.4 Å². The van der Waals surface area contributed by atoms with Gasteiger partial charge in [-0.2, -0.15) is 0 Å². The second kappa shape index (κ2) is 8.22. The van der Waals surface area contributed by atoms with Gasteiger partial charge in [-0.3, -0.25) is 4.79 Å². The zero-order valence-electron chi connectivity index (χ0n) is 15.2. The zero-order chi connectivity index (χ0) is 19.3. The van der Waals surface area contributed by atoms with Crippen molar-refractivity contribution >= 4 is 23.4 Å². The van der Waals surface area contributed by atoms with Crippen molar-refractivity contribution < 1.29 is 13.6 Å². The monoisotopic (exact) mass is 393 g/mol. The molecular weight excluding hydrogens is 374 g/mol. The summed E-state index contributed by atoms with van der Waals surface area (Å²) >= 11 is 1.38. The van der Waals surface area contributed by atoms with Crippen molar-refractivity contribution in [1.29, 1.82) is 0 Å². The van der Waals surface area contributed by atoms with E-state index in [1.54, 1.807) is 12.5 Å². The number of amides is 1. The number of nitrogens with one attached hydrogen (secondary N) is 2. The van der Waals surface area contributed by atoms with E-state index in [-0.39, 0.29) is 11.2 Å². The van der Waals surface area contributed by atoms with Gasteiger partial charge in [0.25, 0.3) is 0 Å². The van der Waals surface area contributed by atoms with E-state index in [1.165, 1.54) is 11.8 Å². The second-order valence-corrected chi connectivity index (χ2v) is 7.28. The lowest BCUT2D eigenvalue weighted by Crippen LogP contribution is -2.24. The van der Waals surface area contributed by atoms with Gasteiger partial charge in [-0.1, -0.05) is 36.9 Å². The van der Waals surface area contributed by atoms with Crippen molar-refractivity contribution in [3.8, 4) is 22.9 Å². The summed E-state index contributed by atoms with van der Waals surface area (Å²) < 4.78 is 11.0. The summed E-state index contributed by atoms with van der Waals surface area (Å²) in [7, 11) is 0. The Hall–Kier alpha value is -3.19. The predicted octanol–water partition coefficient (Wildman–Crippen LogP) is 5.44. The first kappa shape index (κ1) is 18.2. The minimum absolute atomic E-state index is 0.0609. The topological polar surface area (TPSA) is 84.1 Å². The summed E-state index contributed by atoms with van der Waals surface area (Å²) in [6, 6.07) is 16.8. The highest BCUT2D eigenvalue weighted by atomic mass is 32.2. The average molecular weight is 393 g/mol. The number of nitrogens with zero attached hydrogens (tertiary/aromatic N) is 1. The number of furan rings is 2. The van der Waals surface area contributed by atoms with Gasteiger partial charge in [-0.05, 0) is 42.8 Å². The third kappa shape index (κ3) is 3.89. The van der Waals surface area contributed by atoms with Crippen LogP contribution in [0.15, 0.2) is 81.1 Å². The molecule has 0 aliphatic rings. The molecule has 28 heavy (non-hydrogen) atoms. The van der Waals surface area contributed by atoms with Crippen LogP contribution in [0.5, 0.6) is 0 Å². The molecule has 0 spiro atoms. The number of H-pyrrole nitrogens is 1. The molecule has 1 aromatic carbocycles. The van der Waals surface area contributed by atoms with Gasteiger partial charge in [0, 0.05) is 5.69 Å². The van der Waals surface area contributed by atoms with E-state index in [4.69, 9.17) is 8.83 Å². The molecule has 0 bridgehead atoms. The van der Waals surface area contributed by atoms with Crippen molar-refractivity contribution in [3.05, 3.63) is 67.1 Å². The molecule has 1 unspecified atom stereocenters. The Bertz CT molecular complexity index is 973. The number of carbonyl (C=O) groups excluding carboxylic acids is 1. The fourth-order valence-electron chi connectivity index (χ4n) is 2.80. The van der Waals surface area contributed by atoms with Crippen LogP contribution in [-0.2, 0) is 4.79 Å². The Balaban J connectivity index is 1.58. The number of anilines is 1. The van der Waals surface area contributed by atoms with Crippen LogP contribution in [0.3, 0.4) is 0 Å². The molecule has 0 saturated heterocycles. The summed E-state index contributed by atoms with van der Waals surface area (Å²) in [6.07, 6.45) is 3.87. The lowest BCUT2D eigenvalue weighted by molar-refractivity contribution is -0.115. The van der Waals surface area contributed by atoms with Crippen LogP contribution < -0.4 is 5.32 Å². The van der Waals surface area contributed by atoms with Crippen molar-refractivity contribution in [2.75, 3.05) is 5.32 Å². The number of aromatic amines is 1. The van der Waals surface area contributed by atoms with Gasteiger partial charge in [-0.25, -0.2) is 4.98 Å². The standard InChI is InChI=1S/C21H19N3O3S/c1-2-17(20(25)22-14-8-4-3-5-9-14)28-21-23-18(15-10-6-12-26-15)19(24-21)16-11-7-13-27-16/h3-13,17H,2H2,1H3,(H,22,25)(H,23,24). The summed E-state index contributed by atoms with van der Waals surface area (Å²) in [6.45, 7) is 1.98. The lowest BCUT2D eigenvalue weighted by Gasteiger charge is -2.13. The number of hydrogen-bond acceptors (Lipinski definition) is 5. The first-order valence-electron chi connectivity index (χ1n) is 8.95. The third-order valence-corrected chi connectivity index (χ3v) is 5.41. The maximum absolute atomic E-state index is 12.7. The largest absolute Gasteiger partial charge is 0.463 e. The maximum atomic E-state index is 12.7. The quantitative estimate of drug-likeness (QED) is 0.409. The molecule has 4 aromatic rings. The van der Waals surface area contributed by atoms with E-state index >= 15 is 0 Å². The predicted molar refractivity (Wildman–Crippen MR) is 109 cm³/mol. The fraction of sp³-hybridized carbons (Fsp3) is 0.143. The Morgan fingerprint density at radius 3 is 2.43 bits per heavy atom. The van der Waals surface area contributed by atoms with E-state index < -0.39 is 0 Å². The Labute approximate surface area is 166 Å². The van der Waals surface area contributed by atoms with Crippen LogP contribution in [0.2, 0.25) is 0 Å². The smallest absolute Gasteiger partial charge is 0.237 e. The van der Waals surface area contributed by atoms with E-state index in [1.807, 2.05) is 61.5 Å². The van der Waals surface area contributed by atoms with Gasteiger partial charge < -0.3 is 19.1 Å². The molecule has 0 radical (unpaired) electrons. The van der Waals surface area contributed by atoms with Gasteiger partial charge in [0.2, 0.25) is 5.91 Å². The van der Waals surface area contributed by atoms with Crippen molar-refractivity contribution in [2.45, 2.75) is 23.8 Å². The zero-order valence-corrected chi connectivity index (χ0v) is 16.0. The minimum Gasteiger partial charge on any atom is -0.463 e. The number of thioether (sulfide) groups is 1.